The Balaban J connectivity index is 2.05. The third kappa shape index (κ3) is 4.04. The quantitative estimate of drug-likeness (QED) is 0.854. The molecule has 6 heteroatoms. The molecule has 0 saturated heterocycles. The second-order valence-corrected chi connectivity index (χ2v) is 6.51. The summed E-state index contributed by atoms with van der Waals surface area (Å²) < 4.78 is 0.808. The summed E-state index contributed by atoms with van der Waals surface area (Å²) >= 11 is 2.88. The van der Waals surface area contributed by atoms with Crippen LogP contribution in [-0.2, 0) is 4.79 Å². The van der Waals surface area contributed by atoms with Crippen LogP contribution in [0.5, 0.6) is 0 Å². The highest BCUT2D eigenvalue weighted by Gasteiger charge is 2.07. The monoisotopic (exact) mass is 293 g/mol. The summed E-state index contributed by atoms with van der Waals surface area (Å²) in [6.45, 7) is 5.70. The molecule has 2 rings (SSSR count). The van der Waals surface area contributed by atoms with Crippen molar-refractivity contribution in [1.82, 2.24) is 10.2 Å². The summed E-state index contributed by atoms with van der Waals surface area (Å²) in [6, 6.07) is 6.21. The van der Waals surface area contributed by atoms with Crippen LogP contribution in [0.1, 0.15) is 18.1 Å². The molecule has 0 saturated carbocycles. The zero-order valence-electron chi connectivity index (χ0n) is 11.1. The molecule has 0 atom stereocenters. The predicted molar refractivity (Wildman–Crippen MR) is 80.5 cm³/mol. The molecule has 1 N–H and O–H groups in total. The van der Waals surface area contributed by atoms with E-state index in [1.807, 2.05) is 6.07 Å². The highest BCUT2D eigenvalue weighted by Crippen LogP contribution is 2.28. The second kappa shape index (κ2) is 6.16. The van der Waals surface area contributed by atoms with Gasteiger partial charge in [-0.15, -0.1) is 10.2 Å². The number of thioether (sulfide) groups is 1. The first-order chi connectivity index (χ1) is 9.04. The Kier molecular flexibility index (Phi) is 4.55. The van der Waals surface area contributed by atoms with E-state index in [1.165, 1.54) is 34.2 Å². The van der Waals surface area contributed by atoms with Crippen molar-refractivity contribution < 1.29 is 4.79 Å². The van der Waals surface area contributed by atoms with Crippen LogP contribution in [0.15, 0.2) is 22.5 Å². The number of hydrogen-bond acceptors (Lipinski definition) is 6. The molecule has 0 aliphatic heterocycles. The fourth-order valence-electron chi connectivity index (χ4n) is 1.55. The van der Waals surface area contributed by atoms with E-state index in [0.29, 0.717) is 5.75 Å². The van der Waals surface area contributed by atoms with Gasteiger partial charge >= 0.3 is 0 Å². The van der Waals surface area contributed by atoms with Crippen LogP contribution in [0.4, 0.5) is 10.8 Å². The van der Waals surface area contributed by atoms with E-state index in [4.69, 9.17) is 0 Å². The molecule has 0 fully saturated rings. The SMILES string of the molecule is CC(=O)CSc1nnc(Nc2ccc(C)cc2C)s1. The fraction of sp³-hybridized carbons (Fsp3) is 0.308. The van der Waals surface area contributed by atoms with Crippen LogP contribution >= 0.6 is 23.1 Å². The van der Waals surface area contributed by atoms with Crippen molar-refractivity contribution in [3.05, 3.63) is 29.3 Å². The molecular formula is C13H15N3OS2. The van der Waals surface area contributed by atoms with Gasteiger partial charge in [0, 0.05) is 5.69 Å². The topological polar surface area (TPSA) is 54.9 Å². The lowest BCUT2D eigenvalue weighted by Crippen LogP contribution is -1.92. The van der Waals surface area contributed by atoms with E-state index in [1.54, 1.807) is 6.92 Å². The highest BCUT2D eigenvalue weighted by atomic mass is 32.2. The van der Waals surface area contributed by atoms with E-state index >= 15 is 0 Å². The lowest BCUT2D eigenvalue weighted by atomic mass is 10.1. The van der Waals surface area contributed by atoms with Gasteiger partial charge in [0.05, 0.1) is 5.75 Å². The van der Waals surface area contributed by atoms with Crippen molar-refractivity contribution in [3.63, 3.8) is 0 Å². The van der Waals surface area contributed by atoms with Crippen molar-refractivity contribution in [2.24, 2.45) is 0 Å². The molecule has 2 aromatic rings. The van der Waals surface area contributed by atoms with Crippen molar-refractivity contribution in [1.29, 1.82) is 0 Å². The summed E-state index contributed by atoms with van der Waals surface area (Å²) in [5.74, 6) is 0.585. The van der Waals surface area contributed by atoms with Gasteiger partial charge in [0.25, 0.3) is 0 Å². The minimum atomic E-state index is 0.143. The third-order valence-electron chi connectivity index (χ3n) is 2.43. The van der Waals surface area contributed by atoms with Crippen LogP contribution in [0.25, 0.3) is 0 Å². The number of hydrogen-bond donors (Lipinski definition) is 1. The zero-order valence-corrected chi connectivity index (χ0v) is 12.7. The van der Waals surface area contributed by atoms with Crippen molar-refractivity contribution in [2.75, 3.05) is 11.1 Å². The van der Waals surface area contributed by atoms with Gasteiger partial charge in [-0.3, -0.25) is 4.79 Å². The number of aryl methyl sites for hydroxylation is 2. The Bertz CT molecular complexity index is 595. The number of ketones is 1. The molecule has 0 bridgehead atoms. The Morgan fingerprint density at radius 3 is 2.84 bits per heavy atom. The Hall–Kier alpha value is -1.40. The number of carbonyl (C=O) groups excluding carboxylic acids is 1. The Labute approximate surface area is 120 Å². The molecule has 0 unspecified atom stereocenters. The molecule has 100 valence electrons. The number of benzene rings is 1. The second-order valence-electron chi connectivity index (χ2n) is 4.31. The number of carbonyl (C=O) groups is 1. The van der Waals surface area contributed by atoms with Gasteiger partial charge in [-0.05, 0) is 32.4 Å². The third-order valence-corrected chi connectivity index (χ3v) is 4.55. The van der Waals surface area contributed by atoms with Gasteiger partial charge in [0.1, 0.15) is 5.78 Å². The first-order valence-corrected chi connectivity index (χ1v) is 7.65. The Morgan fingerprint density at radius 1 is 1.37 bits per heavy atom. The number of nitrogens with zero attached hydrogens (tertiary/aromatic N) is 2. The molecule has 0 aliphatic rings. The van der Waals surface area contributed by atoms with Crippen LogP contribution in [0.3, 0.4) is 0 Å². The first-order valence-electron chi connectivity index (χ1n) is 5.84. The molecule has 19 heavy (non-hydrogen) atoms. The van der Waals surface area contributed by atoms with Crippen LogP contribution in [0.2, 0.25) is 0 Å². The fourth-order valence-corrected chi connectivity index (χ4v) is 3.12. The maximum Gasteiger partial charge on any atom is 0.210 e. The van der Waals surface area contributed by atoms with Crippen LogP contribution in [-0.4, -0.2) is 21.7 Å². The predicted octanol–water partition coefficient (Wildman–Crippen LogP) is 3.58. The maximum absolute atomic E-state index is 10.9. The van der Waals surface area contributed by atoms with E-state index in [0.717, 1.165) is 15.2 Å². The molecule has 1 heterocycles. The zero-order chi connectivity index (χ0) is 13.8. The molecule has 0 amide bonds. The molecule has 0 radical (unpaired) electrons. The molecular weight excluding hydrogens is 278 g/mol. The largest absolute Gasteiger partial charge is 0.330 e. The normalized spacial score (nSPS) is 10.5. The molecule has 1 aromatic heterocycles. The number of Topliss-reactive ketones (excluding diaryl/α,β-unsaturated/α-hetero) is 1. The summed E-state index contributed by atoms with van der Waals surface area (Å²) in [7, 11) is 0. The van der Waals surface area contributed by atoms with Gasteiger partial charge in [-0.25, -0.2) is 0 Å². The number of nitrogens with one attached hydrogen (secondary N) is 1. The first kappa shape index (κ1) is 14.0. The van der Waals surface area contributed by atoms with Gasteiger partial charge in [0.2, 0.25) is 5.13 Å². The maximum atomic E-state index is 10.9. The minimum absolute atomic E-state index is 0.143. The number of anilines is 2. The Morgan fingerprint density at radius 2 is 2.16 bits per heavy atom. The molecule has 0 spiro atoms. The smallest absolute Gasteiger partial charge is 0.210 e. The number of rotatable bonds is 5. The number of aromatic nitrogens is 2. The summed E-state index contributed by atoms with van der Waals surface area (Å²) in [4.78, 5) is 10.9. The lowest BCUT2D eigenvalue weighted by molar-refractivity contribution is -0.114. The van der Waals surface area contributed by atoms with Gasteiger partial charge < -0.3 is 5.32 Å². The van der Waals surface area contributed by atoms with Crippen LogP contribution < -0.4 is 5.32 Å². The van der Waals surface area contributed by atoms with Gasteiger partial charge in [0.15, 0.2) is 4.34 Å². The molecule has 1 aromatic carbocycles. The van der Waals surface area contributed by atoms with E-state index in [-0.39, 0.29) is 5.78 Å². The standard InChI is InChI=1S/C13H15N3OS2/c1-8-4-5-11(9(2)6-8)14-12-15-16-13(19-12)18-7-10(3)17/h4-6H,7H2,1-3H3,(H,14,15). The van der Waals surface area contributed by atoms with Gasteiger partial charge in [-0.1, -0.05) is 40.8 Å². The van der Waals surface area contributed by atoms with E-state index in [2.05, 4.69) is 41.5 Å². The summed E-state index contributed by atoms with van der Waals surface area (Å²) in [6.07, 6.45) is 0. The van der Waals surface area contributed by atoms with Crippen molar-refractivity contribution >= 4 is 39.7 Å². The van der Waals surface area contributed by atoms with Gasteiger partial charge in [-0.2, -0.15) is 0 Å². The average Bonchev–Trinajstić information content (AvgIpc) is 2.78. The van der Waals surface area contributed by atoms with Crippen molar-refractivity contribution in [2.45, 2.75) is 25.1 Å². The average molecular weight is 293 g/mol. The summed E-state index contributed by atoms with van der Waals surface area (Å²) in [5, 5.41) is 12.1. The van der Waals surface area contributed by atoms with Crippen molar-refractivity contribution in [3.8, 4) is 0 Å². The molecule has 0 aliphatic carbocycles. The minimum Gasteiger partial charge on any atom is -0.330 e. The van der Waals surface area contributed by atoms with E-state index in [9.17, 15) is 4.79 Å². The molecule has 4 nitrogen and oxygen atoms in total. The summed E-state index contributed by atoms with van der Waals surface area (Å²) in [5.41, 5.74) is 3.44. The van der Waals surface area contributed by atoms with Crippen LogP contribution in [0, 0.1) is 13.8 Å². The lowest BCUT2D eigenvalue weighted by Gasteiger charge is -2.06. The highest BCUT2D eigenvalue weighted by molar-refractivity contribution is 8.01. The van der Waals surface area contributed by atoms with E-state index < -0.39 is 0 Å².